The normalized spacial score (nSPS) is 12.3. The molecule has 5 heterocycles. The van der Waals surface area contributed by atoms with Crippen LogP contribution in [0.5, 0.6) is 0 Å². The van der Waals surface area contributed by atoms with Crippen LogP contribution < -0.4 is 26.2 Å². The molecule has 24 rings (SSSR count). The number of fused-ring (bicyclic) bond motifs is 13. The second kappa shape index (κ2) is 28.0. The smallest absolute Gasteiger partial charge is 0.252 e. The average Bonchev–Trinajstić information content (AvgIpc) is 0.935. The zero-order chi connectivity index (χ0) is 78.9. The number of benzene rings is 19. The Morgan fingerprint density at radius 2 is 0.500 bits per heavy atom. The third-order valence-corrected chi connectivity index (χ3v) is 25.0. The Bertz CT molecular complexity index is 7240. The van der Waals surface area contributed by atoms with Gasteiger partial charge in [0.2, 0.25) is 0 Å². The second-order valence-electron chi connectivity index (χ2n) is 31.7. The molecule has 5 nitrogen and oxygen atoms in total. The molecule has 0 bridgehead atoms. The van der Waals surface area contributed by atoms with Crippen LogP contribution in [0.25, 0.3) is 177 Å². The summed E-state index contributed by atoms with van der Waals surface area (Å²) in [5.74, 6) is 0. The maximum Gasteiger partial charge on any atom is 0.252 e. The largest absolute Gasteiger partial charge is 0.455 e. The first-order valence-corrected chi connectivity index (χ1v) is 41.4. The van der Waals surface area contributed by atoms with E-state index in [-0.39, 0.29) is 0 Å². The molecule has 0 radical (unpaired) electrons. The highest BCUT2D eigenvalue weighted by atomic mass is 16.3. The van der Waals surface area contributed by atoms with Crippen molar-refractivity contribution >= 4 is 123 Å². The molecule has 0 saturated heterocycles. The number of hydrogen-bond donors (Lipinski definition) is 0. The van der Waals surface area contributed by atoms with E-state index in [1.807, 2.05) is 0 Å². The van der Waals surface area contributed by atoms with Gasteiger partial charge in [0.1, 0.15) is 11.2 Å². The van der Waals surface area contributed by atoms with Crippen molar-refractivity contribution in [2.45, 2.75) is 0 Å². The highest BCUT2D eigenvalue weighted by Gasteiger charge is 2.47. The Morgan fingerprint density at radius 1 is 0.192 bits per heavy atom. The van der Waals surface area contributed by atoms with Gasteiger partial charge in [-0.3, -0.25) is 0 Å². The summed E-state index contributed by atoms with van der Waals surface area (Å²) in [7, 11) is 0. The zero-order valence-electron chi connectivity index (χ0n) is 65.4. The van der Waals surface area contributed by atoms with Gasteiger partial charge in [-0.1, -0.05) is 340 Å². The van der Waals surface area contributed by atoms with E-state index in [1.165, 1.54) is 10.9 Å². The van der Waals surface area contributed by atoms with Crippen molar-refractivity contribution in [2.75, 3.05) is 9.80 Å². The molecule has 0 unspecified atom stereocenters. The first-order chi connectivity index (χ1) is 59.5. The van der Waals surface area contributed by atoms with Crippen LogP contribution in [-0.4, -0.2) is 15.8 Å². The lowest BCUT2D eigenvalue weighted by Gasteiger charge is -2.46. The van der Waals surface area contributed by atoms with Gasteiger partial charge in [0.25, 0.3) is 6.71 Å². The van der Waals surface area contributed by atoms with Crippen LogP contribution in [-0.2, 0) is 0 Å². The number of hydrogen-bond acceptors (Lipinski definition) is 3. The fourth-order valence-corrected chi connectivity index (χ4v) is 19.7. The molecule has 120 heavy (non-hydrogen) atoms. The number of anilines is 6. The summed E-state index contributed by atoms with van der Waals surface area (Å²) in [5, 5.41) is 6.74. The molecular formula is C114H73BN4O. The van der Waals surface area contributed by atoms with E-state index >= 15 is 0 Å². The van der Waals surface area contributed by atoms with Gasteiger partial charge >= 0.3 is 0 Å². The van der Waals surface area contributed by atoms with Gasteiger partial charge in [-0.05, 0) is 192 Å². The molecule has 22 aromatic rings. The van der Waals surface area contributed by atoms with Gasteiger partial charge in [-0.15, -0.1) is 0 Å². The molecule has 0 fully saturated rings. The van der Waals surface area contributed by atoms with Crippen LogP contribution >= 0.6 is 0 Å². The second-order valence-corrected chi connectivity index (χ2v) is 31.7. The van der Waals surface area contributed by atoms with E-state index in [2.05, 4.69) is 462 Å². The molecule has 0 amide bonds. The Hall–Kier alpha value is -15.8. The van der Waals surface area contributed by atoms with Crippen molar-refractivity contribution in [3.05, 3.63) is 443 Å². The first kappa shape index (κ1) is 68.6. The summed E-state index contributed by atoms with van der Waals surface area (Å²) < 4.78 is 12.4. The minimum atomic E-state index is -0.418. The predicted molar refractivity (Wildman–Crippen MR) is 505 cm³/mol. The van der Waals surface area contributed by atoms with Crippen LogP contribution in [0.1, 0.15) is 0 Å². The summed E-state index contributed by atoms with van der Waals surface area (Å²) in [5.41, 5.74) is 38.0. The Balaban J connectivity index is 0.910. The number of rotatable bonds is 13. The highest BCUT2D eigenvalue weighted by Crippen LogP contribution is 2.56. The van der Waals surface area contributed by atoms with Crippen molar-refractivity contribution in [3.63, 3.8) is 0 Å². The third-order valence-electron chi connectivity index (χ3n) is 25.0. The minimum Gasteiger partial charge on any atom is -0.455 e. The topological polar surface area (TPSA) is 29.5 Å². The molecule has 19 aromatic carbocycles. The molecule has 6 heteroatoms. The molecular weight excluding hydrogens is 1450 g/mol. The molecule has 0 aliphatic carbocycles. The summed E-state index contributed by atoms with van der Waals surface area (Å²) in [6, 6.07) is 165. The maximum atomic E-state index is 7.35. The summed E-state index contributed by atoms with van der Waals surface area (Å²) in [6.45, 7) is -0.418. The van der Waals surface area contributed by atoms with Gasteiger partial charge < -0.3 is 23.4 Å². The quantitative estimate of drug-likeness (QED) is 0.108. The zero-order valence-corrected chi connectivity index (χ0v) is 65.4. The van der Waals surface area contributed by atoms with Gasteiger partial charge in [0, 0.05) is 94.3 Å². The van der Waals surface area contributed by atoms with E-state index < -0.39 is 6.71 Å². The van der Waals surface area contributed by atoms with E-state index in [9.17, 15) is 0 Å². The Morgan fingerprint density at radius 3 is 0.900 bits per heavy atom. The van der Waals surface area contributed by atoms with Gasteiger partial charge in [-0.2, -0.15) is 0 Å². The molecule has 0 N–H and O–H groups in total. The van der Waals surface area contributed by atoms with E-state index in [0.29, 0.717) is 0 Å². The average molecular weight is 1530 g/mol. The maximum absolute atomic E-state index is 7.35. The van der Waals surface area contributed by atoms with Crippen molar-refractivity contribution < 1.29 is 4.42 Å². The Labute approximate surface area is 695 Å². The Kier molecular flexibility index (Phi) is 16.0. The van der Waals surface area contributed by atoms with Gasteiger partial charge in [0.15, 0.2) is 0 Å². The molecule has 558 valence electrons. The summed E-state index contributed by atoms with van der Waals surface area (Å²) in [6.07, 6.45) is 0. The third kappa shape index (κ3) is 11.1. The lowest BCUT2D eigenvalue weighted by Crippen LogP contribution is -2.61. The van der Waals surface area contributed by atoms with Gasteiger partial charge in [-0.25, -0.2) is 0 Å². The van der Waals surface area contributed by atoms with E-state index in [1.54, 1.807) is 0 Å². The molecule has 0 spiro atoms. The minimum absolute atomic E-state index is 0.418. The number of para-hydroxylation sites is 8. The van der Waals surface area contributed by atoms with Crippen molar-refractivity contribution in [1.82, 2.24) is 9.13 Å². The first-order valence-electron chi connectivity index (χ1n) is 41.4. The van der Waals surface area contributed by atoms with E-state index in [4.69, 9.17) is 4.42 Å². The molecule has 3 aromatic heterocycles. The lowest BCUT2D eigenvalue weighted by molar-refractivity contribution is 0.670. The summed E-state index contributed by atoms with van der Waals surface area (Å²) >= 11 is 0. The molecule has 0 saturated carbocycles. The fourth-order valence-electron chi connectivity index (χ4n) is 19.7. The fraction of sp³-hybridized carbons (Fsp3) is 0. The summed E-state index contributed by atoms with van der Waals surface area (Å²) in [4.78, 5) is 5.44. The predicted octanol–water partition coefficient (Wildman–Crippen LogP) is 28.9. The number of aromatic nitrogens is 2. The molecule has 2 aliphatic rings. The van der Waals surface area contributed by atoms with Crippen LogP contribution in [0.4, 0.5) is 34.1 Å². The van der Waals surface area contributed by atoms with Crippen LogP contribution in [0.3, 0.4) is 0 Å². The number of nitrogens with zero attached hydrogens (tertiary/aromatic N) is 4. The van der Waals surface area contributed by atoms with Crippen molar-refractivity contribution in [1.29, 1.82) is 0 Å². The molecule has 0 atom stereocenters. The molecule has 2 aliphatic heterocycles. The van der Waals surface area contributed by atoms with E-state index in [0.717, 1.165) is 217 Å². The van der Waals surface area contributed by atoms with Crippen LogP contribution in [0.15, 0.2) is 447 Å². The van der Waals surface area contributed by atoms with Crippen molar-refractivity contribution in [3.8, 4) is 112 Å². The lowest BCUT2D eigenvalue weighted by atomic mass is 9.33. The van der Waals surface area contributed by atoms with Crippen molar-refractivity contribution in [2.24, 2.45) is 0 Å². The number of furan rings is 1. The van der Waals surface area contributed by atoms with Gasteiger partial charge in [0.05, 0.1) is 33.4 Å². The standard InChI is InChI=1S/C114H73BN4O/c1-7-32-74(33-8-1)78-40-25-44-82(64-78)89-55-29-56-90(83-45-26-41-79(65-83)75-34-9-2-10-35-75)112(89)118-106-70-98-94-52-19-22-61-102(94)116(87-48-15-5-16-49-87)104(98)72-100(106)115-101-73-105-99(95-53-20-23-62-103(95)117(105)88-50-17-6-18-51-88)71-107(101)119(109-69-86(68-108(118)111(109)115)93-59-31-60-97-96-54-21-24-63-110(96)120-114(93)97)113-91(84-46-27-42-80(66-84)76-36-11-3-12-37-76)57-30-58-92(113)85-47-28-43-81(67-85)77-38-13-4-14-39-77/h1-73H. The van der Waals surface area contributed by atoms with Crippen LogP contribution in [0.2, 0.25) is 0 Å². The highest BCUT2D eigenvalue weighted by molar-refractivity contribution is 7.00. The van der Waals surface area contributed by atoms with Crippen LogP contribution in [0, 0.1) is 0 Å². The SMILES string of the molecule is c1ccc(-c2cccc(-c3cccc(-c4cccc(-c5ccccc5)c4)c3N3c4cc5c6ccccc6n(-c6ccccc6)c5cc4B4c5cc6c(cc5N(c5c(-c7cccc(-c8ccccc8)c7)cccc5-c5cccc(-c7ccccc7)c5)c5cc(-c7cccc8c7oc7ccccc78)cc3c54)c3ccccc3n6-c3ccccc3)c2)cc1. The monoisotopic (exact) mass is 1520 g/mol.